The van der Waals surface area contributed by atoms with Gasteiger partial charge in [0.1, 0.15) is 5.60 Å². The topological polar surface area (TPSA) is 51.3 Å². The summed E-state index contributed by atoms with van der Waals surface area (Å²) >= 11 is 3.62. The maximum Gasteiger partial charge on any atom is 0.309 e. The molecule has 1 aliphatic rings. The molecule has 0 fully saturated rings. The van der Waals surface area contributed by atoms with Crippen LogP contribution in [0.3, 0.4) is 0 Å². The summed E-state index contributed by atoms with van der Waals surface area (Å²) in [5, 5.41) is 1.24. The molecule has 1 atom stereocenters. The molecule has 0 saturated heterocycles. The Hall–Kier alpha value is -1.33. The molecule has 1 unspecified atom stereocenters. The van der Waals surface area contributed by atoms with Gasteiger partial charge in [-0.05, 0) is 49.4 Å². The van der Waals surface area contributed by atoms with Crippen molar-refractivity contribution in [3.8, 4) is 0 Å². The van der Waals surface area contributed by atoms with E-state index in [2.05, 4.69) is 46.9 Å². The minimum Gasteiger partial charge on any atom is -0.466 e. The zero-order valence-corrected chi connectivity index (χ0v) is 16.1. The van der Waals surface area contributed by atoms with Gasteiger partial charge in [-0.1, -0.05) is 29.8 Å². The zero-order valence-electron chi connectivity index (χ0n) is 14.5. The van der Waals surface area contributed by atoms with Crippen molar-refractivity contribution in [3.63, 3.8) is 0 Å². The maximum atomic E-state index is 12.2. The Morgan fingerprint density at radius 3 is 2.83 bits per heavy atom. The molecule has 4 nitrogen and oxygen atoms in total. The third-order valence-corrected chi connectivity index (χ3v) is 5.39. The Labute approximate surface area is 151 Å². The lowest BCUT2D eigenvalue weighted by molar-refractivity contribution is -0.154. The van der Waals surface area contributed by atoms with Crippen LogP contribution in [0.5, 0.6) is 0 Å². The van der Waals surface area contributed by atoms with Gasteiger partial charge in [-0.3, -0.25) is 4.79 Å². The molecule has 0 radical (unpaired) electrons. The third-order valence-electron chi connectivity index (χ3n) is 4.93. The van der Waals surface area contributed by atoms with E-state index in [1.807, 2.05) is 6.92 Å². The summed E-state index contributed by atoms with van der Waals surface area (Å²) in [6.07, 6.45) is 2.79. The normalized spacial score (nSPS) is 20.2. The molecular weight excluding hydrogens is 370 g/mol. The van der Waals surface area contributed by atoms with Crippen LogP contribution in [0.15, 0.2) is 16.6 Å². The average Bonchev–Trinajstić information content (AvgIpc) is 2.94. The summed E-state index contributed by atoms with van der Waals surface area (Å²) in [5.74, 6) is -0.206. The van der Waals surface area contributed by atoms with Crippen molar-refractivity contribution in [2.24, 2.45) is 0 Å². The highest BCUT2D eigenvalue weighted by molar-refractivity contribution is 9.10. The first-order valence-electron chi connectivity index (χ1n) is 8.67. The van der Waals surface area contributed by atoms with E-state index in [9.17, 15) is 4.79 Å². The molecule has 2 heterocycles. The van der Waals surface area contributed by atoms with Gasteiger partial charge >= 0.3 is 5.97 Å². The predicted octanol–water partition coefficient (Wildman–Crippen LogP) is 4.62. The highest BCUT2D eigenvalue weighted by Crippen LogP contribution is 2.43. The summed E-state index contributed by atoms with van der Waals surface area (Å²) < 4.78 is 12.4. The number of halogens is 1. The van der Waals surface area contributed by atoms with E-state index in [0.717, 1.165) is 34.9 Å². The quantitative estimate of drug-likeness (QED) is 0.753. The second kappa shape index (κ2) is 6.89. The average molecular weight is 394 g/mol. The Morgan fingerprint density at radius 1 is 1.38 bits per heavy atom. The molecule has 0 amide bonds. The molecule has 0 spiro atoms. The van der Waals surface area contributed by atoms with E-state index < -0.39 is 5.60 Å². The number of rotatable bonds is 5. The molecule has 1 aliphatic heterocycles. The predicted molar refractivity (Wildman–Crippen MR) is 98.3 cm³/mol. The second-order valence-corrected chi connectivity index (χ2v) is 7.16. The zero-order chi connectivity index (χ0) is 17.3. The fourth-order valence-electron chi connectivity index (χ4n) is 3.72. The SMILES string of the molecule is CCOC(=O)CC1(CC)OCCc2c1[nH]c1c(CC)cc(Br)cc21. The van der Waals surface area contributed by atoms with Gasteiger partial charge in [-0.15, -0.1) is 0 Å². The molecule has 3 rings (SSSR count). The minimum atomic E-state index is -0.615. The van der Waals surface area contributed by atoms with E-state index in [-0.39, 0.29) is 12.4 Å². The van der Waals surface area contributed by atoms with Gasteiger partial charge in [0.15, 0.2) is 0 Å². The Bertz CT molecular complexity index is 768. The smallest absolute Gasteiger partial charge is 0.309 e. The number of ether oxygens (including phenoxy) is 2. The Balaban J connectivity index is 2.15. The summed E-state index contributed by atoms with van der Waals surface area (Å²) in [5.41, 5.74) is 4.15. The van der Waals surface area contributed by atoms with E-state index in [1.165, 1.54) is 16.5 Å². The van der Waals surface area contributed by atoms with Crippen LogP contribution in [0, 0.1) is 0 Å². The number of carbonyl (C=O) groups excluding carboxylic acids is 1. The molecule has 24 heavy (non-hydrogen) atoms. The maximum absolute atomic E-state index is 12.2. The number of esters is 1. The number of H-pyrrole nitrogens is 1. The van der Waals surface area contributed by atoms with Crippen molar-refractivity contribution in [2.45, 2.75) is 52.1 Å². The second-order valence-electron chi connectivity index (χ2n) is 6.25. The van der Waals surface area contributed by atoms with Crippen molar-refractivity contribution in [3.05, 3.63) is 33.4 Å². The van der Waals surface area contributed by atoms with E-state index in [1.54, 1.807) is 0 Å². The monoisotopic (exact) mass is 393 g/mol. The van der Waals surface area contributed by atoms with Gasteiger partial charge in [0, 0.05) is 15.4 Å². The largest absolute Gasteiger partial charge is 0.466 e. The fraction of sp³-hybridized carbons (Fsp3) is 0.526. The summed E-state index contributed by atoms with van der Waals surface area (Å²) in [6, 6.07) is 4.32. The number of aryl methyl sites for hydroxylation is 1. The van der Waals surface area contributed by atoms with Crippen LogP contribution in [0.25, 0.3) is 10.9 Å². The van der Waals surface area contributed by atoms with Crippen LogP contribution in [0.2, 0.25) is 0 Å². The standard InChI is InChI=1S/C19H24BrNO3/c1-4-12-9-13(20)10-15-14-7-8-24-19(5-2,11-16(22)23-6-3)18(14)21-17(12)15/h9-10,21H,4-8,11H2,1-3H3. The molecule has 130 valence electrons. The van der Waals surface area contributed by atoms with Gasteiger partial charge in [0.05, 0.1) is 25.3 Å². The summed E-state index contributed by atoms with van der Waals surface area (Å²) in [7, 11) is 0. The van der Waals surface area contributed by atoms with E-state index in [4.69, 9.17) is 9.47 Å². The molecule has 5 heteroatoms. The highest BCUT2D eigenvalue weighted by atomic mass is 79.9. The van der Waals surface area contributed by atoms with Gasteiger partial charge in [-0.2, -0.15) is 0 Å². The molecule has 1 aromatic heterocycles. The van der Waals surface area contributed by atoms with E-state index in [0.29, 0.717) is 13.2 Å². The van der Waals surface area contributed by atoms with Gasteiger partial charge < -0.3 is 14.5 Å². The molecule has 0 saturated carbocycles. The van der Waals surface area contributed by atoms with Crippen molar-refractivity contribution in [2.75, 3.05) is 13.2 Å². The number of nitrogens with one attached hydrogen (secondary N) is 1. The van der Waals surface area contributed by atoms with Crippen LogP contribution in [-0.2, 0) is 32.7 Å². The summed E-state index contributed by atoms with van der Waals surface area (Å²) in [4.78, 5) is 15.8. The number of hydrogen-bond donors (Lipinski definition) is 1. The Morgan fingerprint density at radius 2 is 2.17 bits per heavy atom. The first-order chi connectivity index (χ1) is 11.5. The number of carbonyl (C=O) groups is 1. The van der Waals surface area contributed by atoms with Gasteiger partial charge in [0.25, 0.3) is 0 Å². The lowest BCUT2D eigenvalue weighted by Gasteiger charge is -2.36. The van der Waals surface area contributed by atoms with Crippen molar-refractivity contribution >= 4 is 32.8 Å². The third kappa shape index (κ3) is 2.88. The van der Waals surface area contributed by atoms with E-state index >= 15 is 0 Å². The van der Waals surface area contributed by atoms with Crippen LogP contribution < -0.4 is 0 Å². The first kappa shape index (κ1) is 17.5. The molecule has 2 aromatic rings. The highest BCUT2D eigenvalue weighted by Gasteiger charge is 2.41. The summed E-state index contributed by atoms with van der Waals surface area (Å²) in [6.45, 7) is 7.07. The number of aromatic amines is 1. The van der Waals surface area contributed by atoms with Crippen molar-refractivity contribution in [1.82, 2.24) is 4.98 Å². The minimum absolute atomic E-state index is 0.206. The van der Waals surface area contributed by atoms with Gasteiger partial charge in [-0.25, -0.2) is 0 Å². The number of hydrogen-bond acceptors (Lipinski definition) is 3. The molecule has 0 bridgehead atoms. The molecular formula is C19H24BrNO3. The van der Waals surface area contributed by atoms with Crippen LogP contribution in [-0.4, -0.2) is 24.2 Å². The van der Waals surface area contributed by atoms with Crippen LogP contribution in [0.1, 0.15) is 50.4 Å². The van der Waals surface area contributed by atoms with Crippen LogP contribution >= 0.6 is 15.9 Å². The van der Waals surface area contributed by atoms with Crippen molar-refractivity contribution in [1.29, 1.82) is 0 Å². The number of fused-ring (bicyclic) bond motifs is 3. The van der Waals surface area contributed by atoms with Crippen molar-refractivity contribution < 1.29 is 14.3 Å². The number of benzene rings is 1. The molecule has 0 aliphatic carbocycles. The van der Waals surface area contributed by atoms with Crippen LogP contribution in [0.4, 0.5) is 0 Å². The molecule has 1 N–H and O–H groups in total. The number of aromatic nitrogens is 1. The Kier molecular flexibility index (Phi) is 5.02. The van der Waals surface area contributed by atoms with Gasteiger partial charge in [0.2, 0.25) is 0 Å². The molecule has 1 aromatic carbocycles. The lowest BCUT2D eigenvalue weighted by Crippen LogP contribution is -2.37. The lowest BCUT2D eigenvalue weighted by atomic mass is 9.86. The first-order valence-corrected chi connectivity index (χ1v) is 9.47. The fourth-order valence-corrected chi connectivity index (χ4v) is 4.23.